The maximum atomic E-state index is 11.5. The molecule has 1 aromatic heterocycles. The van der Waals surface area contributed by atoms with Gasteiger partial charge in [-0.1, -0.05) is 48.8 Å². The van der Waals surface area contributed by atoms with Crippen LogP contribution in [0.25, 0.3) is 11.4 Å². The van der Waals surface area contributed by atoms with Crippen LogP contribution < -0.4 is 5.32 Å². The zero-order chi connectivity index (χ0) is 13.7. The largest absolute Gasteiger partial charge is 0.311 e. The van der Waals surface area contributed by atoms with Gasteiger partial charge in [0.1, 0.15) is 18.3 Å². The number of carbonyl (C=O) groups excluding carboxylic acids is 1. The lowest BCUT2D eigenvalue weighted by molar-refractivity contribution is -0.114. The van der Waals surface area contributed by atoms with Gasteiger partial charge in [-0.15, -0.1) is 0 Å². The molecule has 0 aliphatic heterocycles. The molecule has 1 radical (unpaired) electrons. The zero-order valence-electron chi connectivity index (χ0n) is 10.4. The molecular formula is C13H12BClN3O. The maximum Gasteiger partial charge on any atom is 0.217 e. The number of carbonyl (C=O) groups is 1. The third-order valence-corrected chi connectivity index (χ3v) is 2.58. The van der Waals surface area contributed by atoms with Gasteiger partial charge in [0.15, 0.2) is 5.82 Å². The highest BCUT2D eigenvalue weighted by atomic mass is 35.5. The van der Waals surface area contributed by atoms with Gasteiger partial charge < -0.3 is 5.32 Å². The maximum absolute atomic E-state index is 11.5. The Labute approximate surface area is 117 Å². The summed E-state index contributed by atoms with van der Waals surface area (Å²) in [5.41, 5.74) is 0.850. The molecule has 0 saturated carbocycles. The number of nitrogens with zero attached hydrogens (tertiary/aromatic N) is 2. The first kappa shape index (κ1) is 13.6. The van der Waals surface area contributed by atoms with E-state index in [1.54, 1.807) is 7.28 Å². The van der Waals surface area contributed by atoms with Crippen molar-refractivity contribution in [2.24, 2.45) is 0 Å². The molecule has 1 heterocycles. The predicted molar refractivity (Wildman–Crippen MR) is 77.5 cm³/mol. The molecule has 1 N–H and O–H groups in total. The Balaban J connectivity index is 2.27. The van der Waals surface area contributed by atoms with Crippen LogP contribution in [0.3, 0.4) is 0 Å². The zero-order valence-corrected chi connectivity index (χ0v) is 11.2. The summed E-state index contributed by atoms with van der Waals surface area (Å²) in [6.07, 6.45) is 0.336. The Bertz CT molecular complexity index is 577. The summed E-state index contributed by atoms with van der Waals surface area (Å²) in [6, 6.07) is 11.0. The minimum absolute atomic E-state index is 0.128. The van der Waals surface area contributed by atoms with Crippen molar-refractivity contribution in [3.05, 3.63) is 41.6 Å². The summed E-state index contributed by atoms with van der Waals surface area (Å²) in [4.78, 5) is 20.0. The van der Waals surface area contributed by atoms with Crippen LogP contribution in [-0.2, 0) is 4.79 Å². The summed E-state index contributed by atoms with van der Waals surface area (Å²) in [6.45, 7) is 1.82. The molecule has 95 valence electrons. The second kappa shape index (κ2) is 6.34. The van der Waals surface area contributed by atoms with Gasteiger partial charge in [-0.05, 0) is 6.32 Å². The lowest BCUT2D eigenvalue weighted by Crippen LogP contribution is -2.13. The molecule has 0 atom stereocenters. The molecule has 2 aromatic rings. The van der Waals surface area contributed by atoms with Crippen LogP contribution in [0.2, 0.25) is 18.3 Å². The number of benzene rings is 1. The second-order valence-corrected chi connectivity index (χ2v) is 4.31. The SMILES string of the molecule is C[B]CC(=O)Nc1cc(Cl)nc(-c2ccccc2)n1. The van der Waals surface area contributed by atoms with Crippen molar-refractivity contribution in [1.82, 2.24) is 9.97 Å². The van der Waals surface area contributed by atoms with E-state index in [0.717, 1.165) is 5.56 Å². The predicted octanol–water partition coefficient (Wildman–Crippen LogP) is 2.91. The van der Waals surface area contributed by atoms with E-state index in [2.05, 4.69) is 15.3 Å². The number of halogens is 1. The normalized spacial score (nSPS) is 10.0. The van der Waals surface area contributed by atoms with Crippen LogP contribution in [0, 0.1) is 0 Å². The Morgan fingerprint density at radius 2 is 2.05 bits per heavy atom. The number of anilines is 1. The number of hydrogen-bond donors (Lipinski definition) is 1. The molecule has 2 rings (SSSR count). The first-order valence-corrected chi connectivity index (χ1v) is 6.24. The number of nitrogens with one attached hydrogen (secondary N) is 1. The average Bonchev–Trinajstić information content (AvgIpc) is 2.39. The van der Waals surface area contributed by atoms with E-state index in [4.69, 9.17) is 11.6 Å². The van der Waals surface area contributed by atoms with Gasteiger partial charge in [0.2, 0.25) is 5.91 Å². The van der Waals surface area contributed by atoms with E-state index in [0.29, 0.717) is 23.1 Å². The van der Waals surface area contributed by atoms with Crippen LogP contribution in [0.15, 0.2) is 36.4 Å². The molecule has 19 heavy (non-hydrogen) atoms. The van der Waals surface area contributed by atoms with Crippen LogP contribution in [0.5, 0.6) is 0 Å². The average molecular weight is 273 g/mol. The fraction of sp³-hybridized carbons (Fsp3) is 0.154. The summed E-state index contributed by atoms with van der Waals surface area (Å²) in [5.74, 6) is 0.769. The van der Waals surface area contributed by atoms with Crippen molar-refractivity contribution in [1.29, 1.82) is 0 Å². The summed E-state index contributed by atoms with van der Waals surface area (Å²) < 4.78 is 0. The molecule has 0 aliphatic rings. The Morgan fingerprint density at radius 1 is 1.32 bits per heavy atom. The summed E-state index contributed by atoms with van der Waals surface area (Å²) in [7, 11) is 1.77. The molecule has 1 amide bonds. The van der Waals surface area contributed by atoms with E-state index < -0.39 is 0 Å². The van der Waals surface area contributed by atoms with Gasteiger partial charge >= 0.3 is 0 Å². The van der Waals surface area contributed by atoms with Gasteiger partial charge in [-0.25, -0.2) is 9.97 Å². The lowest BCUT2D eigenvalue weighted by atomic mass is 9.78. The third kappa shape index (κ3) is 3.79. The van der Waals surface area contributed by atoms with Crippen molar-refractivity contribution in [3.63, 3.8) is 0 Å². The van der Waals surface area contributed by atoms with E-state index in [9.17, 15) is 4.79 Å². The number of aromatic nitrogens is 2. The first-order chi connectivity index (χ1) is 9.19. The van der Waals surface area contributed by atoms with Crippen molar-refractivity contribution in [2.45, 2.75) is 13.1 Å². The minimum Gasteiger partial charge on any atom is -0.311 e. The van der Waals surface area contributed by atoms with Gasteiger partial charge in [-0.2, -0.15) is 0 Å². The monoisotopic (exact) mass is 272 g/mol. The van der Waals surface area contributed by atoms with Crippen LogP contribution >= 0.6 is 11.6 Å². The number of amides is 1. The molecular weight excluding hydrogens is 260 g/mol. The van der Waals surface area contributed by atoms with Crippen molar-refractivity contribution in [3.8, 4) is 11.4 Å². The third-order valence-electron chi connectivity index (χ3n) is 2.38. The molecule has 0 spiro atoms. The summed E-state index contributed by atoms with van der Waals surface area (Å²) in [5, 5.41) is 2.98. The van der Waals surface area contributed by atoms with Crippen molar-refractivity contribution >= 4 is 30.6 Å². The molecule has 1 aromatic carbocycles. The number of rotatable bonds is 4. The highest BCUT2D eigenvalue weighted by Gasteiger charge is 2.08. The number of hydrogen-bond acceptors (Lipinski definition) is 3. The van der Waals surface area contributed by atoms with Gasteiger partial charge in [0, 0.05) is 11.6 Å². The molecule has 0 bridgehead atoms. The van der Waals surface area contributed by atoms with Crippen LogP contribution in [-0.4, -0.2) is 23.2 Å². The van der Waals surface area contributed by atoms with E-state index in [1.807, 2.05) is 37.2 Å². The van der Waals surface area contributed by atoms with E-state index >= 15 is 0 Å². The standard InChI is InChI=1S/C13H12BClN3O/c1-14-8-12(19)17-11-7-10(15)16-13(18-11)9-5-3-2-4-6-9/h2-7H,8H2,1H3,(H,16,17,18,19). The molecule has 0 fully saturated rings. The van der Waals surface area contributed by atoms with Crippen LogP contribution in [0.4, 0.5) is 5.82 Å². The van der Waals surface area contributed by atoms with Crippen LogP contribution in [0.1, 0.15) is 0 Å². The fourth-order valence-corrected chi connectivity index (χ4v) is 1.76. The van der Waals surface area contributed by atoms with Gasteiger partial charge in [0.05, 0.1) is 0 Å². The topological polar surface area (TPSA) is 54.9 Å². The second-order valence-electron chi connectivity index (χ2n) is 3.93. The van der Waals surface area contributed by atoms with Crippen molar-refractivity contribution < 1.29 is 4.79 Å². The fourth-order valence-electron chi connectivity index (χ4n) is 1.58. The summed E-state index contributed by atoms with van der Waals surface area (Å²) >= 11 is 5.95. The Kier molecular flexibility index (Phi) is 4.52. The molecule has 0 saturated heterocycles. The minimum atomic E-state index is -0.128. The smallest absolute Gasteiger partial charge is 0.217 e. The first-order valence-electron chi connectivity index (χ1n) is 5.86. The molecule has 0 aliphatic carbocycles. The quantitative estimate of drug-likeness (QED) is 0.688. The van der Waals surface area contributed by atoms with Gasteiger partial charge in [-0.3, -0.25) is 4.79 Å². The van der Waals surface area contributed by atoms with Gasteiger partial charge in [0.25, 0.3) is 0 Å². The molecule has 4 nitrogen and oxygen atoms in total. The molecule has 0 unspecified atom stereocenters. The van der Waals surface area contributed by atoms with E-state index in [1.165, 1.54) is 6.07 Å². The highest BCUT2D eigenvalue weighted by molar-refractivity contribution is 6.40. The molecule has 6 heteroatoms. The highest BCUT2D eigenvalue weighted by Crippen LogP contribution is 2.20. The van der Waals surface area contributed by atoms with Crippen molar-refractivity contribution in [2.75, 3.05) is 5.32 Å². The Morgan fingerprint density at radius 3 is 2.74 bits per heavy atom. The van der Waals surface area contributed by atoms with E-state index in [-0.39, 0.29) is 5.91 Å². The lowest BCUT2D eigenvalue weighted by Gasteiger charge is -2.06. The Hall–Kier alpha value is -1.88.